The van der Waals surface area contributed by atoms with Crippen molar-refractivity contribution in [2.24, 2.45) is 5.92 Å². The van der Waals surface area contributed by atoms with Crippen LogP contribution in [0, 0.1) is 17.6 Å². The van der Waals surface area contributed by atoms with Gasteiger partial charge in [0.05, 0.1) is 5.92 Å². The Hall–Kier alpha value is -2.18. The van der Waals surface area contributed by atoms with Crippen LogP contribution in [-0.2, 0) is 9.59 Å². The Morgan fingerprint density at radius 1 is 1.22 bits per heavy atom. The fraction of sp³-hybridized carbons (Fsp3) is 0.500. The van der Waals surface area contributed by atoms with Gasteiger partial charge in [-0.25, -0.2) is 8.78 Å². The van der Waals surface area contributed by atoms with Crippen LogP contribution in [0.5, 0.6) is 5.75 Å². The number of aliphatic carboxylic acids is 1. The molecular weight excluding hydrogens is 308 g/mol. The highest BCUT2D eigenvalue weighted by Crippen LogP contribution is 2.24. The molecule has 1 aliphatic rings. The summed E-state index contributed by atoms with van der Waals surface area (Å²) in [5, 5.41) is 11.9. The predicted octanol–water partition coefficient (Wildman–Crippen LogP) is 2.49. The number of nitrogens with one attached hydrogen (secondary N) is 1. The van der Waals surface area contributed by atoms with Gasteiger partial charge in [-0.05, 0) is 25.0 Å². The largest absolute Gasteiger partial charge is 0.481 e. The standard InChI is InChI=1S/C16H19F2NO4/c17-10-6-7-14(12(18)8-10)23-9-15(20)19-13-5-3-1-2-4-11(13)16(21)22/h6-8,11,13H,1-5,9H2,(H,19,20)(H,21,22)/t11-,13+/m1/s1. The average molecular weight is 327 g/mol. The van der Waals surface area contributed by atoms with Gasteiger partial charge in [0.15, 0.2) is 18.2 Å². The monoisotopic (exact) mass is 327 g/mol. The number of benzene rings is 1. The van der Waals surface area contributed by atoms with E-state index in [1.807, 2.05) is 0 Å². The molecule has 0 bridgehead atoms. The number of hydrogen-bond donors (Lipinski definition) is 2. The lowest BCUT2D eigenvalue weighted by Gasteiger charge is -2.22. The van der Waals surface area contributed by atoms with Crippen molar-refractivity contribution in [3.8, 4) is 5.75 Å². The van der Waals surface area contributed by atoms with Crippen molar-refractivity contribution in [1.82, 2.24) is 5.32 Å². The van der Waals surface area contributed by atoms with E-state index in [0.717, 1.165) is 31.4 Å². The normalized spacial score (nSPS) is 21.3. The summed E-state index contributed by atoms with van der Waals surface area (Å²) in [4.78, 5) is 23.2. The Bertz CT molecular complexity index is 579. The Morgan fingerprint density at radius 2 is 1.96 bits per heavy atom. The maximum absolute atomic E-state index is 13.4. The molecule has 2 rings (SSSR count). The molecule has 2 atom stereocenters. The average Bonchev–Trinajstić information content (AvgIpc) is 2.72. The van der Waals surface area contributed by atoms with Crippen LogP contribution in [0.3, 0.4) is 0 Å². The third-order valence-electron chi connectivity index (χ3n) is 3.93. The molecule has 23 heavy (non-hydrogen) atoms. The Labute approximate surface area is 132 Å². The minimum Gasteiger partial charge on any atom is -0.481 e. The molecular formula is C16H19F2NO4. The quantitative estimate of drug-likeness (QED) is 0.815. The zero-order valence-electron chi connectivity index (χ0n) is 12.6. The first-order valence-corrected chi connectivity index (χ1v) is 7.57. The van der Waals surface area contributed by atoms with E-state index in [9.17, 15) is 23.5 Å². The highest BCUT2D eigenvalue weighted by Gasteiger charge is 2.30. The van der Waals surface area contributed by atoms with E-state index in [1.165, 1.54) is 0 Å². The Kier molecular flexibility index (Phi) is 5.90. The molecule has 1 aliphatic carbocycles. The molecule has 1 fully saturated rings. The van der Waals surface area contributed by atoms with Crippen LogP contribution in [0.4, 0.5) is 8.78 Å². The van der Waals surface area contributed by atoms with Gasteiger partial charge in [-0.2, -0.15) is 0 Å². The summed E-state index contributed by atoms with van der Waals surface area (Å²) in [6, 6.07) is 2.34. The van der Waals surface area contributed by atoms with Gasteiger partial charge in [0.25, 0.3) is 5.91 Å². The van der Waals surface area contributed by atoms with Crippen LogP contribution in [0.25, 0.3) is 0 Å². The molecule has 0 saturated heterocycles. The van der Waals surface area contributed by atoms with E-state index in [0.29, 0.717) is 18.9 Å². The fourth-order valence-electron chi connectivity index (χ4n) is 2.76. The van der Waals surface area contributed by atoms with Crippen LogP contribution in [0.2, 0.25) is 0 Å². The number of halogens is 2. The van der Waals surface area contributed by atoms with Crippen LogP contribution in [-0.4, -0.2) is 29.6 Å². The first-order chi connectivity index (χ1) is 11.0. The third kappa shape index (κ3) is 4.91. The van der Waals surface area contributed by atoms with Gasteiger partial charge in [-0.15, -0.1) is 0 Å². The van der Waals surface area contributed by atoms with Crippen molar-refractivity contribution in [2.75, 3.05) is 6.61 Å². The molecule has 1 saturated carbocycles. The topological polar surface area (TPSA) is 75.6 Å². The predicted molar refractivity (Wildman–Crippen MR) is 78.0 cm³/mol. The number of carbonyl (C=O) groups is 2. The second kappa shape index (κ2) is 7.89. The van der Waals surface area contributed by atoms with Gasteiger partial charge in [-0.1, -0.05) is 19.3 Å². The maximum atomic E-state index is 13.4. The smallest absolute Gasteiger partial charge is 0.308 e. The number of ether oxygens (including phenoxy) is 1. The van der Waals surface area contributed by atoms with Crippen molar-refractivity contribution >= 4 is 11.9 Å². The lowest BCUT2D eigenvalue weighted by molar-refractivity contribution is -0.143. The van der Waals surface area contributed by atoms with Crippen LogP contribution >= 0.6 is 0 Å². The van der Waals surface area contributed by atoms with Crippen LogP contribution in [0.15, 0.2) is 18.2 Å². The Balaban J connectivity index is 1.91. The molecule has 0 spiro atoms. The van der Waals surface area contributed by atoms with E-state index in [1.54, 1.807) is 0 Å². The number of carboxylic acid groups (broad SMARTS) is 1. The number of hydrogen-bond acceptors (Lipinski definition) is 3. The SMILES string of the molecule is O=C(COc1ccc(F)cc1F)N[C@H]1CCCCC[C@H]1C(=O)O. The second-order valence-electron chi connectivity index (χ2n) is 5.62. The van der Waals surface area contributed by atoms with Crippen molar-refractivity contribution in [3.63, 3.8) is 0 Å². The first-order valence-electron chi connectivity index (χ1n) is 7.57. The van der Waals surface area contributed by atoms with E-state index in [2.05, 4.69) is 5.32 Å². The zero-order valence-corrected chi connectivity index (χ0v) is 12.6. The van der Waals surface area contributed by atoms with E-state index in [4.69, 9.17) is 4.74 Å². The summed E-state index contributed by atoms with van der Waals surface area (Å²) in [6.45, 7) is -0.453. The van der Waals surface area contributed by atoms with Crippen LogP contribution < -0.4 is 10.1 Å². The molecule has 2 N–H and O–H groups in total. The summed E-state index contributed by atoms with van der Waals surface area (Å²) < 4.78 is 31.2. The summed E-state index contributed by atoms with van der Waals surface area (Å²) in [5.74, 6) is -3.92. The Morgan fingerprint density at radius 3 is 2.65 bits per heavy atom. The first kappa shape index (κ1) is 17.2. The third-order valence-corrected chi connectivity index (χ3v) is 3.93. The van der Waals surface area contributed by atoms with Crippen molar-refractivity contribution in [3.05, 3.63) is 29.8 Å². The van der Waals surface area contributed by atoms with Crippen molar-refractivity contribution in [1.29, 1.82) is 0 Å². The second-order valence-corrected chi connectivity index (χ2v) is 5.62. The summed E-state index contributed by atoms with van der Waals surface area (Å²) in [5.41, 5.74) is 0. The maximum Gasteiger partial charge on any atom is 0.308 e. The van der Waals surface area contributed by atoms with Gasteiger partial charge in [-0.3, -0.25) is 9.59 Å². The van der Waals surface area contributed by atoms with E-state index >= 15 is 0 Å². The minimum absolute atomic E-state index is 0.225. The fourth-order valence-corrected chi connectivity index (χ4v) is 2.76. The van der Waals surface area contributed by atoms with Gasteiger partial charge in [0, 0.05) is 12.1 Å². The van der Waals surface area contributed by atoms with Gasteiger partial charge in [0.2, 0.25) is 0 Å². The highest BCUT2D eigenvalue weighted by atomic mass is 19.1. The number of rotatable bonds is 5. The molecule has 5 nitrogen and oxygen atoms in total. The highest BCUT2D eigenvalue weighted by molar-refractivity contribution is 5.79. The molecule has 7 heteroatoms. The molecule has 1 aromatic rings. The molecule has 0 aromatic heterocycles. The molecule has 1 amide bonds. The molecule has 0 unspecified atom stereocenters. The number of carboxylic acids is 1. The van der Waals surface area contributed by atoms with E-state index in [-0.39, 0.29) is 5.75 Å². The number of amides is 1. The van der Waals surface area contributed by atoms with Gasteiger partial charge < -0.3 is 15.2 Å². The molecule has 0 radical (unpaired) electrons. The molecule has 126 valence electrons. The summed E-state index contributed by atoms with van der Waals surface area (Å²) in [7, 11) is 0. The molecule has 1 aromatic carbocycles. The zero-order chi connectivity index (χ0) is 16.8. The van der Waals surface area contributed by atoms with Crippen LogP contribution in [0.1, 0.15) is 32.1 Å². The molecule has 0 aliphatic heterocycles. The lowest BCUT2D eigenvalue weighted by atomic mass is 9.95. The van der Waals surface area contributed by atoms with Crippen molar-refractivity contribution < 1.29 is 28.2 Å². The minimum atomic E-state index is -0.928. The van der Waals surface area contributed by atoms with Gasteiger partial charge >= 0.3 is 5.97 Å². The van der Waals surface area contributed by atoms with Gasteiger partial charge in [0.1, 0.15) is 5.82 Å². The summed E-state index contributed by atoms with van der Waals surface area (Å²) >= 11 is 0. The number of carbonyl (C=O) groups excluding carboxylic acids is 1. The van der Waals surface area contributed by atoms with Crippen molar-refractivity contribution in [2.45, 2.75) is 38.1 Å². The lowest BCUT2D eigenvalue weighted by Crippen LogP contribution is -2.44. The summed E-state index contributed by atoms with van der Waals surface area (Å²) in [6.07, 6.45) is 3.72. The van der Waals surface area contributed by atoms with E-state index < -0.39 is 42.1 Å². The molecule has 0 heterocycles.